The SMILES string of the molecule is C[C@@H]1CN(C(=O)[C@@H]2CCCCN2)C[C@H](C)O1. The maximum absolute atomic E-state index is 12.3. The van der Waals surface area contributed by atoms with Gasteiger partial charge in [0, 0.05) is 13.1 Å². The summed E-state index contributed by atoms with van der Waals surface area (Å²) < 4.78 is 5.64. The molecule has 0 aromatic rings. The van der Waals surface area contributed by atoms with Gasteiger partial charge in [0.1, 0.15) is 0 Å². The summed E-state index contributed by atoms with van der Waals surface area (Å²) in [5.74, 6) is 0.265. The van der Waals surface area contributed by atoms with Gasteiger partial charge in [0.2, 0.25) is 5.91 Å². The Labute approximate surface area is 97.3 Å². The van der Waals surface area contributed by atoms with Crippen molar-refractivity contribution in [1.29, 1.82) is 0 Å². The molecule has 92 valence electrons. The molecule has 2 fully saturated rings. The number of hydrogen-bond donors (Lipinski definition) is 1. The molecule has 2 aliphatic heterocycles. The minimum Gasteiger partial charge on any atom is -0.372 e. The van der Waals surface area contributed by atoms with Crippen LogP contribution in [0.25, 0.3) is 0 Å². The van der Waals surface area contributed by atoms with Gasteiger partial charge in [0.25, 0.3) is 0 Å². The molecule has 3 atom stereocenters. The summed E-state index contributed by atoms with van der Waals surface area (Å²) in [7, 11) is 0. The molecule has 0 radical (unpaired) electrons. The largest absolute Gasteiger partial charge is 0.372 e. The number of nitrogens with one attached hydrogen (secondary N) is 1. The van der Waals surface area contributed by atoms with E-state index in [0.717, 1.165) is 26.1 Å². The average Bonchev–Trinajstić information content (AvgIpc) is 2.28. The molecule has 0 spiro atoms. The van der Waals surface area contributed by atoms with Gasteiger partial charge in [0.15, 0.2) is 0 Å². The number of ether oxygens (including phenoxy) is 1. The van der Waals surface area contributed by atoms with Crippen molar-refractivity contribution in [3.63, 3.8) is 0 Å². The molecule has 0 aromatic heterocycles. The van der Waals surface area contributed by atoms with Crippen molar-refractivity contribution in [2.45, 2.75) is 51.4 Å². The van der Waals surface area contributed by atoms with Crippen molar-refractivity contribution in [2.75, 3.05) is 19.6 Å². The summed E-state index contributed by atoms with van der Waals surface area (Å²) in [4.78, 5) is 14.2. The lowest BCUT2D eigenvalue weighted by atomic mass is 10.0. The monoisotopic (exact) mass is 226 g/mol. The van der Waals surface area contributed by atoms with Gasteiger partial charge in [-0.2, -0.15) is 0 Å². The maximum atomic E-state index is 12.3. The van der Waals surface area contributed by atoms with Crippen LogP contribution < -0.4 is 5.32 Å². The standard InChI is InChI=1S/C12H22N2O2/c1-9-7-14(8-10(2)16-9)12(15)11-5-3-4-6-13-11/h9-11,13H,3-8H2,1-2H3/t9-,10+,11-/m0/s1. The molecule has 2 aliphatic rings. The Morgan fingerprint density at radius 3 is 2.50 bits per heavy atom. The highest BCUT2D eigenvalue weighted by Crippen LogP contribution is 2.15. The fraction of sp³-hybridized carbons (Fsp3) is 0.917. The zero-order chi connectivity index (χ0) is 11.5. The lowest BCUT2D eigenvalue weighted by molar-refractivity contribution is -0.145. The zero-order valence-corrected chi connectivity index (χ0v) is 10.2. The number of carbonyl (C=O) groups excluding carboxylic acids is 1. The highest BCUT2D eigenvalue weighted by atomic mass is 16.5. The number of nitrogens with zero attached hydrogens (tertiary/aromatic N) is 1. The molecule has 16 heavy (non-hydrogen) atoms. The minimum atomic E-state index is 0.0475. The van der Waals surface area contributed by atoms with Crippen molar-refractivity contribution >= 4 is 5.91 Å². The second kappa shape index (κ2) is 5.15. The minimum absolute atomic E-state index is 0.0475. The molecule has 0 unspecified atom stereocenters. The van der Waals surface area contributed by atoms with Crippen molar-refractivity contribution < 1.29 is 9.53 Å². The molecule has 4 nitrogen and oxygen atoms in total. The van der Waals surface area contributed by atoms with Crippen LogP contribution in [0.2, 0.25) is 0 Å². The van der Waals surface area contributed by atoms with E-state index in [1.807, 2.05) is 18.7 Å². The maximum Gasteiger partial charge on any atom is 0.239 e. The summed E-state index contributed by atoms with van der Waals surface area (Å²) >= 11 is 0. The first-order valence-corrected chi connectivity index (χ1v) is 6.34. The molecule has 0 aromatic carbocycles. The van der Waals surface area contributed by atoms with E-state index < -0.39 is 0 Å². The number of piperidine rings is 1. The van der Waals surface area contributed by atoms with E-state index in [-0.39, 0.29) is 24.2 Å². The van der Waals surface area contributed by atoms with Gasteiger partial charge in [-0.3, -0.25) is 4.79 Å². The third kappa shape index (κ3) is 2.74. The van der Waals surface area contributed by atoms with Crippen LogP contribution >= 0.6 is 0 Å². The average molecular weight is 226 g/mol. The second-order valence-corrected chi connectivity index (χ2v) is 5.00. The van der Waals surface area contributed by atoms with E-state index in [0.29, 0.717) is 0 Å². The van der Waals surface area contributed by atoms with E-state index in [9.17, 15) is 4.79 Å². The molecular formula is C12H22N2O2. The molecule has 4 heteroatoms. The molecule has 1 N–H and O–H groups in total. The van der Waals surface area contributed by atoms with Gasteiger partial charge in [-0.05, 0) is 33.2 Å². The van der Waals surface area contributed by atoms with Gasteiger partial charge in [-0.1, -0.05) is 6.42 Å². The number of hydrogen-bond acceptors (Lipinski definition) is 3. The molecule has 0 bridgehead atoms. The Bertz CT molecular complexity index is 241. The normalized spacial score (nSPS) is 36.1. The first-order chi connectivity index (χ1) is 7.66. The van der Waals surface area contributed by atoms with Crippen LogP contribution in [0, 0.1) is 0 Å². The predicted octanol–water partition coefficient (Wildman–Crippen LogP) is 0.764. The van der Waals surface area contributed by atoms with Gasteiger partial charge in [-0.25, -0.2) is 0 Å². The Morgan fingerprint density at radius 1 is 1.25 bits per heavy atom. The third-order valence-corrected chi connectivity index (χ3v) is 3.34. The van der Waals surface area contributed by atoms with Crippen molar-refractivity contribution in [1.82, 2.24) is 10.2 Å². The molecular weight excluding hydrogens is 204 g/mol. The van der Waals surface area contributed by atoms with Gasteiger partial charge in [0.05, 0.1) is 18.2 Å². The molecule has 2 rings (SSSR count). The molecule has 0 saturated carbocycles. The first kappa shape index (κ1) is 11.9. The van der Waals surface area contributed by atoms with Crippen molar-refractivity contribution in [2.24, 2.45) is 0 Å². The van der Waals surface area contributed by atoms with E-state index >= 15 is 0 Å². The lowest BCUT2D eigenvalue weighted by Crippen LogP contribution is -2.55. The summed E-state index contributed by atoms with van der Waals surface area (Å²) in [6.07, 6.45) is 3.67. The number of rotatable bonds is 1. The number of amides is 1. The molecule has 0 aliphatic carbocycles. The van der Waals surface area contributed by atoms with Crippen LogP contribution in [0.1, 0.15) is 33.1 Å². The predicted molar refractivity (Wildman–Crippen MR) is 62.2 cm³/mol. The van der Waals surface area contributed by atoms with Crippen LogP contribution in [0.4, 0.5) is 0 Å². The fourth-order valence-corrected chi connectivity index (χ4v) is 2.64. The van der Waals surface area contributed by atoms with Gasteiger partial charge >= 0.3 is 0 Å². The van der Waals surface area contributed by atoms with Crippen LogP contribution in [-0.2, 0) is 9.53 Å². The topological polar surface area (TPSA) is 41.6 Å². The van der Waals surface area contributed by atoms with E-state index in [1.54, 1.807) is 0 Å². The second-order valence-electron chi connectivity index (χ2n) is 5.00. The van der Waals surface area contributed by atoms with Gasteiger partial charge < -0.3 is 15.0 Å². The summed E-state index contributed by atoms with van der Waals surface area (Å²) in [5.41, 5.74) is 0. The first-order valence-electron chi connectivity index (χ1n) is 6.34. The van der Waals surface area contributed by atoms with Crippen molar-refractivity contribution in [3.8, 4) is 0 Å². The number of morpholine rings is 1. The highest BCUT2D eigenvalue weighted by molar-refractivity contribution is 5.82. The zero-order valence-electron chi connectivity index (χ0n) is 10.2. The molecule has 2 saturated heterocycles. The highest BCUT2D eigenvalue weighted by Gasteiger charge is 2.30. The van der Waals surface area contributed by atoms with E-state index in [4.69, 9.17) is 4.74 Å². The Kier molecular flexibility index (Phi) is 3.82. The van der Waals surface area contributed by atoms with Gasteiger partial charge in [-0.15, -0.1) is 0 Å². The van der Waals surface area contributed by atoms with Crippen LogP contribution in [0.15, 0.2) is 0 Å². The number of carbonyl (C=O) groups is 1. The molecule has 1 amide bonds. The smallest absolute Gasteiger partial charge is 0.239 e. The van der Waals surface area contributed by atoms with Crippen LogP contribution in [0.3, 0.4) is 0 Å². The Balaban J connectivity index is 1.92. The van der Waals surface area contributed by atoms with E-state index in [2.05, 4.69) is 5.32 Å². The third-order valence-electron chi connectivity index (χ3n) is 3.34. The quantitative estimate of drug-likeness (QED) is 0.718. The summed E-state index contributed by atoms with van der Waals surface area (Å²) in [6.45, 7) is 6.52. The Morgan fingerprint density at radius 2 is 1.94 bits per heavy atom. The summed E-state index contributed by atoms with van der Waals surface area (Å²) in [5, 5.41) is 3.31. The summed E-state index contributed by atoms with van der Waals surface area (Å²) in [6, 6.07) is 0.0475. The lowest BCUT2D eigenvalue weighted by Gasteiger charge is -2.38. The van der Waals surface area contributed by atoms with Crippen molar-refractivity contribution in [3.05, 3.63) is 0 Å². The van der Waals surface area contributed by atoms with Crippen LogP contribution in [-0.4, -0.2) is 48.7 Å². The fourth-order valence-electron chi connectivity index (χ4n) is 2.64. The van der Waals surface area contributed by atoms with Crippen LogP contribution in [0.5, 0.6) is 0 Å². The molecule has 2 heterocycles. The Hall–Kier alpha value is -0.610. The van der Waals surface area contributed by atoms with E-state index in [1.165, 1.54) is 12.8 Å².